The molecule has 1 amide bonds. The Morgan fingerprint density at radius 2 is 1.83 bits per heavy atom. The highest BCUT2D eigenvalue weighted by Crippen LogP contribution is 2.31. The second-order valence-corrected chi connectivity index (χ2v) is 9.52. The molecule has 1 unspecified atom stereocenters. The number of aryl methyl sites for hydroxylation is 3. The largest absolute Gasteiger partial charge is 0.496 e. The number of thiophene rings is 1. The number of hydrogen-bond acceptors (Lipinski definition) is 7. The van der Waals surface area contributed by atoms with Crippen molar-refractivity contribution in [1.29, 1.82) is 0 Å². The number of aromatic nitrogens is 5. The predicted octanol–water partition coefficient (Wildman–Crippen LogP) is 2.45. The number of hydrogen-bond donors (Lipinski definition) is 1. The van der Waals surface area contributed by atoms with Crippen LogP contribution >= 0.6 is 11.3 Å². The first-order valence-electron chi connectivity index (χ1n) is 11.3. The van der Waals surface area contributed by atoms with E-state index in [0.29, 0.717) is 33.7 Å². The second kappa shape index (κ2) is 9.87. The SMILES string of the molecule is COc1ccccc1CCn1c(=O)n(C(C)C(=O)NC(C)C)c(=O)c2c(C)c(-n3nccn3)sc21. The summed E-state index contributed by atoms with van der Waals surface area (Å²) < 4.78 is 8.07. The van der Waals surface area contributed by atoms with Crippen LogP contribution < -0.4 is 21.3 Å². The van der Waals surface area contributed by atoms with E-state index in [9.17, 15) is 14.4 Å². The smallest absolute Gasteiger partial charge is 0.332 e. The van der Waals surface area contributed by atoms with Crippen molar-refractivity contribution >= 4 is 27.5 Å². The molecule has 4 aromatic rings. The van der Waals surface area contributed by atoms with Gasteiger partial charge in [-0.15, -0.1) is 4.80 Å². The van der Waals surface area contributed by atoms with Gasteiger partial charge < -0.3 is 10.1 Å². The van der Waals surface area contributed by atoms with E-state index in [-0.39, 0.29) is 6.04 Å². The number of benzene rings is 1. The number of carbonyl (C=O) groups is 1. The lowest BCUT2D eigenvalue weighted by molar-refractivity contribution is -0.124. The molecular formula is C24H28N6O4S. The van der Waals surface area contributed by atoms with Gasteiger partial charge in [-0.3, -0.25) is 14.2 Å². The first-order valence-corrected chi connectivity index (χ1v) is 12.1. The number of nitrogens with one attached hydrogen (secondary N) is 1. The molecule has 0 saturated carbocycles. The molecule has 0 radical (unpaired) electrons. The Kier molecular flexibility index (Phi) is 6.88. The van der Waals surface area contributed by atoms with Crippen LogP contribution in [0.2, 0.25) is 0 Å². The molecule has 4 rings (SSSR count). The lowest BCUT2D eigenvalue weighted by atomic mass is 10.1. The van der Waals surface area contributed by atoms with Crippen molar-refractivity contribution < 1.29 is 9.53 Å². The van der Waals surface area contributed by atoms with Gasteiger partial charge in [0.2, 0.25) is 5.91 Å². The molecule has 35 heavy (non-hydrogen) atoms. The number of nitrogens with zero attached hydrogens (tertiary/aromatic N) is 5. The van der Waals surface area contributed by atoms with Gasteiger partial charge in [0.15, 0.2) is 0 Å². The third-order valence-electron chi connectivity index (χ3n) is 5.81. The fraction of sp³-hybridized carbons (Fsp3) is 0.375. The van der Waals surface area contributed by atoms with Crippen molar-refractivity contribution in [2.24, 2.45) is 0 Å². The topological polar surface area (TPSA) is 113 Å². The Labute approximate surface area is 205 Å². The van der Waals surface area contributed by atoms with Gasteiger partial charge in [0.25, 0.3) is 5.56 Å². The van der Waals surface area contributed by atoms with Crippen LogP contribution in [-0.4, -0.2) is 43.2 Å². The lowest BCUT2D eigenvalue weighted by Crippen LogP contribution is -2.47. The van der Waals surface area contributed by atoms with Crippen LogP contribution in [0.4, 0.5) is 0 Å². The van der Waals surface area contributed by atoms with Gasteiger partial charge in [0.1, 0.15) is 21.6 Å². The molecule has 10 nitrogen and oxygen atoms in total. The zero-order valence-electron chi connectivity index (χ0n) is 20.3. The summed E-state index contributed by atoms with van der Waals surface area (Å²) in [7, 11) is 1.60. The fourth-order valence-corrected chi connectivity index (χ4v) is 5.30. The van der Waals surface area contributed by atoms with Crippen molar-refractivity contribution in [3.8, 4) is 10.8 Å². The highest BCUT2D eigenvalue weighted by molar-refractivity contribution is 7.21. The molecule has 0 bridgehead atoms. The number of fused-ring (bicyclic) bond motifs is 1. The standard InChI is InChI=1S/C24H28N6O4S/c1-14(2)27-20(31)16(4)29-21(32)19-15(3)22(30-25-11-12-26-30)35-23(19)28(24(29)33)13-10-17-8-6-7-9-18(17)34-5/h6-9,11-12,14,16H,10,13H2,1-5H3,(H,27,31). The molecule has 0 fully saturated rings. The zero-order valence-corrected chi connectivity index (χ0v) is 21.1. The van der Waals surface area contributed by atoms with Gasteiger partial charge in [-0.25, -0.2) is 9.36 Å². The molecule has 0 spiro atoms. The van der Waals surface area contributed by atoms with E-state index in [2.05, 4.69) is 15.5 Å². The van der Waals surface area contributed by atoms with Crippen molar-refractivity contribution in [1.82, 2.24) is 29.4 Å². The molecule has 0 saturated heterocycles. The highest BCUT2D eigenvalue weighted by Gasteiger charge is 2.26. The Morgan fingerprint density at radius 3 is 2.49 bits per heavy atom. The molecule has 0 aliphatic rings. The Hall–Kier alpha value is -3.73. The van der Waals surface area contributed by atoms with Crippen LogP contribution in [-0.2, 0) is 17.8 Å². The van der Waals surface area contributed by atoms with E-state index in [4.69, 9.17) is 4.74 Å². The van der Waals surface area contributed by atoms with Crippen LogP contribution in [0.3, 0.4) is 0 Å². The van der Waals surface area contributed by atoms with Crippen LogP contribution in [0.5, 0.6) is 5.75 Å². The maximum absolute atomic E-state index is 13.7. The Morgan fingerprint density at radius 1 is 1.14 bits per heavy atom. The molecule has 3 heterocycles. The third-order valence-corrected chi connectivity index (χ3v) is 7.09. The summed E-state index contributed by atoms with van der Waals surface area (Å²) >= 11 is 1.28. The van der Waals surface area contributed by atoms with Gasteiger partial charge in [0, 0.05) is 18.2 Å². The number of ether oxygens (including phenoxy) is 1. The van der Waals surface area contributed by atoms with Gasteiger partial charge in [-0.1, -0.05) is 29.5 Å². The summed E-state index contributed by atoms with van der Waals surface area (Å²) in [6, 6.07) is 6.49. The molecule has 11 heteroatoms. The summed E-state index contributed by atoms with van der Waals surface area (Å²) in [5.74, 6) is 0.329. The van der Waals surface area contributed by atoms with E-state index in [1.54, 1.807) is 37.9 Å². The van der Waals surface area contributed by atoms with Crippen LogP contribution in [0.1, 0.15) is 37.9 Å². The summed E-state index contributed by atoms with van der Waals surface area (Å²) in [6.45, 7) is 7.31. The maximum Gasteiger partial charge on any atom is 0.332 e. The van der Waals surface area contributed by atoms with Crippen LogP contribution in [0.25, 0.3) is 15.2 Å². The zero-order chi connectivity index (χ0) is 25.3. The minimum atomic E-state index is -0.982. The van der Waals surface area contributed by atoms with E-state index >= 15 is 0 Å². The number of methoxy groups -OCH3 is 1. The minimum absolute atomic E-state index is 0.127. The summed E-state index contributed by atoms with van der Waals surface area (Å²) in [4.78, 5) is 42.1. The van der Waals surface area contributed by atoms with Gasteiger partial charge in [-0.2, -0.15) is 10.2 Å². The number of para-hydroxylation sites is 1. The average molecular weight is 497 g/mol. The van der Waals surface area contributed by atoms with Gasteiger partial charge >= 0.3 is 5.69 Å². The van der Waals surface area contributed by atoms with Crippen molar-refractivity contribution in [2.45, 2.75) is 52.7 Å². The molecule has 0 aliphatic carbocycles. The normalized spacial score (nSPS) is 12.3. The lowest BCUT2D eigenvalue weighted by Gasteiger charge is -2.19. The third kappa shape index (κ3) is 4.51. The van der Waals surface area contributed by atoms with Crippen molar-refractivity contribution in [2.75, 3.05) is 7.11 Å². The number of amides is 1. The van der Waals surface area contributed by atoms with Crippen LogP contribution in [0.15, 0.2) is 46.2 Å². The first kappa shape index (κ1) is 24.4. The van der Waals surface area contributed by atoms with E-state index in [1.165, 1.54) is 16.1 Å². The quantitative estimate of drug-likeness (QED) is 0.401. The van der Waals surface area contributed by atoms with E-state index in [0.717, 1.165) is 15.9 Å². The molecule has 0 aliphatic heterocycles. The molecule has 1 N–H and O–H groups in total. The Balaban J connectivity index is 1.92. The monoisotopic (exact) mass is 496 g/mol. The van der Waals surface area contributed by atoms with Gasteiger partial charge in [0.05, 0.1) is 24.9 Å². The Bertz CT molecular complexity index is 1480. The maximum atomic E-state index is 13.7. The second-order valence-electron chi connectivity index (χ2n) is 8.54. The molecule has 3 aromatic heterocycles. The first-order chi connectivity index (χ1) is 16.7. The fourth-order valence-electron chi connectivity index (χ4n) is 4.07. The van der Waals surface area contributed by atoms with Crippen LogP contribution in [0, 0.1) is 6.92 Å². The van der Waals surface area contributed by atoms with Gasteiger partial charge in [-0.05, 0) is 45.7 Å². The number of rotatable bonds is 8. The molecular weight excluding hydrogens is 468 g/mol. The summed E-state index contributed by atoms with van der Waals surface area (Å²) in [5, 5.41) is 12.2. The molecule has 1 aromatic carbocycles. The van der Waals surface area contributed by atoms with E-state index in [1.807, 2.05) is 38.1 Å². The minimum Gasteiger partial charge on any atom is -0.496 e. The van der Waals surface area contributed by atoms with Crippen molar-refractivity contribution in [3.05, 3.63) is 68.6 Å². The molecule has 184 valence electrons. The average Bonchev–Trinajstić information content (AvgIpc) is 3.47. The number of carbonyl (C=O) groups excluding carboxylic acids is 1. The predicted molar refractivity (Wildman–Crippen MR) is 135 cm³/mol. The highest BCUT2D eigenvalue weighted by atomic mass is 32.1. The summed E-state index contributed by atoms with van der Waals surface area (Å²) in [5.41, 5.74) is 0.547. The molecule has 1 atom stereocenters. The summed E-state index contributed by atoms with van der Waals surface area (Å²) in [6.07, 6.45) is 3.60. The van der Waals surface area contributed by atoms with E-state index < -0.39 is 23.2 Å². The van der Waals surface area contributed by atoms with Crippen molar-refractivity contribution in [3.63, 3.8) is 0 Å².